The third kappa shape index (κ3) is 7.62. The molecule has 44 heavy (non-hydrogen) atoms. The molecule has 0 aliphatic heterocycles. The fraction of sp³-hybridized carbons (Fsp3) is 0.133. The van der Waals surface area contributed by atoms with Crippen molar-refractivity contribution in [2.75, 3.05) is 25.1 Å². The van der Waals surface area contributed by atoms with Crippen LogP contribution in [0.5, 0.6) is 17.2 Å². The molecule has 228 valence electrons. The van der Waals surface area contributed by atoms with Crippen LogP contribution in [0.25, 0.3) is 0 Å². The van der Waals surface area contributed by atoms with Gasteiger partial charge in [-0.2, -0.15) is 5.10 Å². The summed E-state index contributed by atoms with van der Waals surface area (Å²) in [5.41, 5.74) is 3.07. The summed E-state index contributed by atoms with van der Waals surface area (Å²) in [7, 11) is -1.92. The lowest BCUT2D eigenvalue weighted by Crippen LogP contribution is -2.40. The Hall–Kier alpha value is -5.14. The third-order valence-electron chi connectivity index (χ3n) is 6.21. The van der Waals surface area contributed by atoms with Crippen LogP contribution in [-0.2, 0) is 21.4 Å². The van der Waals surface area contributed by atoms with E-state index in [1.807, 2.05) is 18.2 Å². The molecule has 0 aromatic heterocycles. The lowest BCUT2D eigenvalue weighted by molar-refractivity contribution is -0.387. The van der Waals surface area contributed by atoms with Gasteiger partial charge >= 0.3 is 0 Å². The second kappa shape index (κ2) is 14.4. The summed E-state index contributed by atoms with van der Waals surface area (Å²) in [5.74, 6) is 0.194. The summed E-state index contributed by atoms with van der Waals surface area (Å²) < 4.78 is 44.6. The highest BCUT2D eigenvalue weighted by atomic mass is 35.5. The molecule has 0 heterocycles. The molecule has 14 heteroatoms. The molecular weight excluding hydrogens is 612 g/mol. The van der Waals surface area contributed by atoms with Gasteiger partial charge in [0, 0.05) is 22.7 Å². The van der Waals surface area contributed by atoms with Gasteiger partial charge in [0.1, 0.15) is 30.4 Å². The summed E-state index contributed by atoms with van der Waals surface area (Å²) >= 11 is 6.16. The van der Waals surface area contributed by atoms with Gasteiger partial charge in [0.05, 0.1) is 31.0 Å². The number of halogens is 1. The van der Waals surface area contributed by atoms with E-state index in [0.717, 1.165) is 17.7 Å². The van der Waals surface area contributed by atoms with Crippen molar-refractivity contribution in [3.05, 3.63) is 117 Å². The molecule has 4 aromatic carbocycles. The van der Waals surface area contributed by atoms with Gasteiger partial charge in [0.2, 0.25) is 0 Å². The molecule has 1 amide bonds. The number of rotatable bonds is 13. The highest BCUT2D eigenvalue weighted by molar-refractivity contribution is 7.93. The molecule has 0 radical (unpaired) electrons. The summed E-state index contributed by atoms with van der Waals surface area (Å²) in [5, 5.41) is 16.2. The standard InChI is InChI=1S/C30H27ClN4O8S/c1-41-24-15-16-26(28(17-24)42-2)34(44(39,40)29-10-6-5-9-27(29)35(37)38)19-30(36)33-32-18-21-11-13-23(14-12-21)43-20-22-7-3-4-8-25(22)31/h3-18H,19-20H2,1-2H3,(H,33,36)/b32-18-. The van der Waals surface area contributed by atoms with Gasteiger partial charge in [-0.05, 0) is 54.1 Å². The van der Waals surface area contributed by atoms with E-state index in [1.54, 1.807) is 30.3 Å². The number of sulfonamides is 1. The molecule has 0 spiro atoms. The summed E-state index contributed by atoms with van der Waals surface area (Å²) in [4.78, 5) is 23.2. The van der Waals surface area contributed by atoms with Crippen molar-refractivity contribution >= 4 is 45.1 Å². The first-order valence-corrected chi connectivity index (χ1v) is 14.7. The Kier molecular flexibility index (Phi) is 10.4. The van der Waals surface area contributed by atoms with Gasteiger partial charge in [-0.1, -0.05) is 41.9 Å². The molecule has 0 aliphatic rings. The maximum Gasteiger partial charge on any atom is 0.289 e. The van der Waals surface area contributed by atoms with Crippen LogP contribution in [0.2, 0.25) is 5.02 Å². The number of carbonyl (C=O) groups is 1. The molecule has 0 saturated carbocycles. The van der Waals surface area contributed by atoms with Crippen LogP contribution >= 0.6 is 11.6 Å². The number of hydrogen-bond acceptors (Lipinski definition) is 9. The van der Waals surface area contributed by atoms with Crippen molar-refractivity contribution < 1.29 is 32.3 Å². The van der Waals surface area contributed by atoms with Crippen molar-refractivity contribution in [1.82, 2.24) is 5.43 Å². The van der Waals surface area contributed by atoms with E-state index in [4.69, 9.17) is 25.8 Å². The second-order valence-electron chi connectivity index (χ2n) is 9.02. The minimum absolute atomic E-state index is 0.0436. The van der Waals surface area contributed by atoms with Crippen LogP contribution < -0.4 is 23.9 Å². The third-order valence-corrected chi connectivity index (χ3v) is 8.38. The number of anilines is 1. The largest absolute Gasteiger partial charge is 0.497 e. The SMILES string of the molecule is COc1ccc(N(CC(=O)N/N=C\c2ccc(OCc3ccccc3Cl)cc2)S(=O)(=O)c2ccccc2[N+](=O)[O-])c(OC)c1. The Bertz CT molecular complexity index is 1780. The lowest BCUT2D eigenvalue weighted by atomic mass is 10.2. The number of nitro benzene ring substituents is 1. The van der Waals surface area contributed by atoms with Crippen LogP contribution in [0.3, 0.4) is 0 Å². The van der Waals surface area contributed by atoms with Gasteiger partial charge in [0.25, 0.3) is 21.6 Å². The number of para-hydroxylation sites is 1. The van der Waals surface area contributed by atoms with Crippen molar-refractivity contribution in [1.29, 1.82) is 0 Å². The number of ether oxygens (including phenoxy) is 3. The van der Waals surface area contributed by atoms with Gasteiger partial charge in [-0.15, -0.1) is 0 Å². The van der Waals surface area contributed by atoms with Crippen molar-refractivity contribution in [3.63, 3.8) is 0 Å². The van der Waals surface area contributed by atoms with Crippen LogP contribution in [0.15, 0.2) is 101 Å². The molecule has 1 N–H and O–H groups in total. The monoisotopic (exact) mass is 638 g/mol. The van der Waals surface area contributed by atoms with E-state index < -0.39 is 38.0 Å². The predicted octanol–water partition coefficient (Wildman–Crippen LogP) is 5.19. The maximum atomic E-state index is 13.8. The summed E-state index contributed by atoms with van der Waals surface area (Å²) in [6, 6.07) is 23.3. The molecule has 12 nitrogen and oxygen atoms in total. The van der Waals surface area contributed by atoms with E-state index in [9.17, 15) is 23.3 Å². The molecular formula is C30H27ClN4O8S. The van der Waals surface area contributed by atoms with Crippen molar-refractivity contribution in [3.8, 4) is 17.2 Å². The Morgan fingerprint density at radius 1 is 0.977 bits per heavy atom. The Morgan fingerprint density at radius 2 is 1.66 bits per heavy atom. The second-order valence-corrected chi connectivity index (χ2v) is 11.3. The number of amides is 1. The Labute approximate surface area is 258 Å². The molecule has 0 fully saturated rings. The predicted molar refractivity (Wildman–Crippen MR) is 165 cm³/mol. The van der Waals surface area contributed by atoms with Crippen LogP contribution in [0.4, 0.5) is 11.4 Å². The molecule has 0 bridgehead atoms. The van der Waals surface area contributed by atoms with Gasteiger partial charge < -0.3 is 14.2 Å². The van der Waals surface area contributed by atoms with Crippen molar-refractivity contribution in [2.24, 2.45) is 5.10 Å². The van der Waals surface area contributed by atoms with Crippen LogP contribution in [0.1, 0.15) is 11.1 Å². The minimum Gasteiger partial charge on any atom is -0.497 e. The van der Waals surface area contributed by atoms with Crippen LogP contribution in [0, 0.1) is 10.1 Å². The zero-order chi connectivity index (χ0) is 31.7. The number of benzene rings is 4. The number of methoxy groups -OCH3 is 2. The molecule has 4 aromatic rings. The smallest absolute Gasteiger partial charge is 0.289 e. The number of nitrogens with one attached hydrogen (secondary N) is 1. The van der Waals surface area contributed by atoms with E-state index in [0.29, 0.717) is 26.4 Å². The number of carbonyl (C=O) groups excluding carboxylic acids is 1. The van der Waals surface area contributed by atoms with Crippen LogP contribution in [-0.4, -0.2) is 46.2 Å². The molecule has 0 atom stereocenters. The number of hydrazone groups is 1. The van der Waals surface area contributed by atoms with Gasteiger partial charge in [-0.25, -0.2) is 13.8 Å². The number of nitrogens with zero attached hydrogens (tertiary/aromatic N) is 3. The van der Waals surface area contributed by atoms with E-state index in [2.05, 4.69) is 10.5 Å². The summed E-state index contributed by atoms with van der Waals surface area (Å²) in [6.07, 6.45) is 1.37. The molecule has 0 saturated heterocycles. The molecule has 4 rings (SSSR count). The fourth-order valence-electron chi connectivity index (χ4n) is 4.01. The van der Waals surface area contributed by atoms with Gasteiger partial charge in [0.15, 0.2) is 4.90 Å². The Morgan fingerprint density at radius 3 is 2.34 bits per heavy atom. The molecule has 0 aliphatic carbocycles. The average Bonchev–Trinajstić information content (AvgIpc) is 3.03. The Balaban J connectivity index is 1.52. The van der Waals surface area contributed by atoms with Gasteiger partial charge in [-0.3, -0.25) is 19.2 Å². The average molecular weight is 639 g/mol. The highest BCUT2D eigenvalue weighted by Gasteiger charge is 2.34. The fourth-order valence-corrected chi connectivity index (χ4v) is 5.79. The zero-order valence-electron chi connectivity index (χ0n) is 23.5. The van der Waals surface area contributed by atoms with E-state index >= 15 is 0 Å². The highest BCUT2D eigenvalue weighted by Crippen LogP contribution is 2.37. The van der Waals surface area contributed by atoms with E-state index in [1.165, 1.54) is 50.8 Å². The quantitative estimate of drug-likeness (QED) is 0.119. The first kappa shape index (κ1) is 31.8. The molecule has 0 unspecified atom stereocenters. The number of nitro groups is 1. The van der Waals surface area contributed by atoms with E-state index in [-0.39, 0.29) is 18.0 Å². The first-order chi connectivity index (χ1) is 21.1. The summed E-state index contributed by atoms with van der Waals surface area (Å²) in [6.45, 7) is -0.489. The zero-order valence-corrected chi connectivity index (χ0v) is 25.1. The minimum atomic E-state index is -4.65. The number of hydrogen-bond donors (Lipinski definition) is 1. The maximum absolute atomic E-state index is 13.8. The normalized spacial score (nSPS) is 11.2. The first-order valence-electron chi connectivity index (χ1n) is 12.9. The topological polar surface area (TPSA) is 150 Å². The van der Waals surface area contributed by atoms with Crippen molar-refractivity contribution in [2.45, 2.75) is 11.5 Å². The lowest BCUT2D eigenvalue weighted by Gasteiger charge is -2.25.